The Hall–Kier alpha value is -1.29. The second kappa shape index (κ2) is 8.23. The summed E-state index contributed by atoms with van der Waals surface area (Å²) in [6, 6.07) is 3.64. The van der Waals surface area contributed by atoms with Gasteiger partial charge in [0.05, 0.1) is 36.7 Å². The fourth-order valence-corrected chi connectivity index (χ4v) is 2.50. The maximum absolute atomic E-state index is 11.7. The van der Waals surface area contributed by atoms with Gasteiger partial charge in [0, 0.05) is 4.47 Å². The zero-order valence-corrected chi connectivity index (χ0v) is 15.3. The number of benzene rings is 1. The second-order valence-corrected chi connectivity index (χ2v) is 5.65. The number of hydrogen-bond donors (Lipinski definition) is 1. The zero-order chi connectivity index (χ0) is 16.0. The summed E-state index contributed by atoms with van der Waals surface area (Å²) in [4.78, 5) is 23.1. The molecule has 1 aromatic rings. The van der Waals surface area contributed by atoms with Crippen LogP contribution in [0.3, 0.4) is 0 Å². The molecule has 1 N–H and O–H groups in total. The highest BCUT2D eigenvalue weighted by Gasteiger charge is 2.18. The highest BCUT2D eigenvalue weighted by Crippen LogP contribution is 2.37. The molecule has 0 aliphatic carbocycles. The van der Waals surface area contributed by atoms with E-state index in [9.17, 15) is 9.59 Å². The van der Waals surface area contributed by atoms with Gasteiger partial charge in [-0.1, -0.05) is 0 Å². The number of hydrogen-bond acceptors (Lipinski definition) is 6. The number of carbonyl (C=O) groups excluding carboxylic acids is 2. The molecule has 0 unspecified atom stereocenters. The quantitative estimate of drug-likeness (QED) is 0.406. The summed E-state index contributed by atoms with van der Waals surface area (Å²) >= 11 is 5.46. The normalized spacial score (nSPS) is 10.8. The molecule has 21 heavy (non-hydrogen) atoms. The van der Waals surface area contributed by atoms with Gasteiger partial charge in [0.1, 0.15) is 5.70 Å². The van der Waals surface area contributed by atoms with Crippen LogP contribution < -0.4 is 10.1 Å². The second-order valence-electron chi connectivity index (χ2n) is 3.64. The lowest BCUT2D eigenvalue weighted by Crippen LogP contribution is -2.16. The number of anilines is 1. The topological polar surface area (TPSA) is 73.9 Å². The minimum Gasteiger partial charge on any atom is -0.493 e. The van der Waals surface area contributed by atoms with Gasteiger partial charge < -0.3 is 19.5 Å². The summed E-state index contributed by atoms with van der Waals surface area (Å²) < 4.78 is 16.0. The van der Waals surface area contributed by atoms with Crippen LogP contribution in [0.2, 0.25) is 0 Å². The average molecular weight is 470 g/mol. The first-order valence-electron chi connectivity index (χ1n) is 5.61. The lowest BCUT2D eigenvalue weighted by Gasteiger charge is -2.15. The molecule has 0 spiro atoms. The van der Waals surface area contributed by atoms with Crippen molar-refractivity contribution in [3.8, 4) is 5.75 Å². The molecule has 1 rings (SSSR count). The van der Waals surface area contributed by atoms with Crippen molar-refractivity contribution in [2.24, 2.45) is 0 Å². The molecule has 0 saturated heterocycles. The van der Waals surface area contributed by atoms with Crippen molar-refractivity contribution in [3.05, 3.63) is 31.9 Å². The van der Waals surface area contributed by atoms with E-state index in [0.29, 0.717) is 15.9 Å². The number of halogens is 2. The predicted octanol–water partition coefficient (Wildman–Crippen LogP) is 2.70. The van der Waals surface area contributed by atoms with Gasteiger partial charge >= 0.3 is 11.9 Å². The SMILES string of the molecule is COC(=O)/C=C(/Nc1c(Br)ccc(I)c1OC)C(=O)OC. The molecule has 0 aliphatic rings. The molecule has 0 atom stereocenters. The van der Waals surface area contributed by atoms with Crippen LogP contribution in [0.5, 0.6) is 5.75 Å². The predicted molar refractivity (Wildman–Crippen MR) is 89.1 cm³/mol. The molecule has 1 aromatic carbocycles. The van der Waals surface area contributed by atoms with Crippen LogP contribution in [-0.2, 0) is 19.1 Å². The molecule has 8 heteroatoms. The molecule has 0 bridgehead atoms. The standard InChI is InChI=1S/C13H13BrINO5/c1-19-10(17)6-9(13(18)21-3)16-11-7(14)4-5-8(15)12(11)20-2/h4-6,16H,1-3H3/b9-6+. The number of rotatable bonds is 5. The molecule has 0 amide bonds. The van der Waals surface area contributed by atoms with Gasteiger partial charge in [0.2, 0.25) is 0 Å². The molecular weight excluding hydrogens is 457 g/mol. The number of carbonyl (C=O) groups is 2. The van der Waals surface area contributed by atoms with E-state index in [1.54, 1.807) is 6.07 Å². The van der Waals surface area contributed by atoms with Crippen LogP contribution in [0, 0.1) is 3.57 Å². The van der Waals surface area contributed by atoms with Crippen LogP contribution >= 0.6 is 38.5 Å². The molecular formula is C13H13BrINO5. The maximum atomic E-state index is 11.7. The van der Waals surface area contributed by atoms with Crippen molar-refractivity contribution in [2.45, 2.75) is 0 Å². The Labute approximate surface area is 144 Å². The maximum Gasteiger partial charge on any atom is 0.354 e. The van der Waals surface area contributed by atoms with Crippen LogP contribution in [-0.4, -0.2) is 33.3 Å². The molecule has 0 heterocycles. The van der Waals surface area contributed by atoms with Crippen LogP contribution in [0.1, 0.15) is 0 Å². The van der Waals surface area contributed by atoms with E-state index >= 15 is 0 Å². The third kappa shape index (κ3) is 4.60. The van der Waals surface area contributed by atoms with Gasteiger partial charge in [0.25, 0.3) is 0 Å². The van der Waals surface area contributed by atoms with E-state index in [4.69, 9.17) is 4.74 Å². The van der Waals surface area contributed by atoms with E-state index in [0.717, 1.165) is 9.65 Å². The van der Waals surface area contributed by atoms with Gasteiger partial charge in [-0.05, 0) is 50.7 Å². The first-order chi connectivity index (χ1) is 9.94. The summed E-state index contributed by atoms with van der Waals surface area (Å²) in [6.07, 6.45) is 1.01. The monoisotopic (exact) mass is 469 g/mol. The lowest BCUT2D eigenvalue weighted by molar-refractivity contribution is -0.138. The summed E-state index contributed by atoms with van der Waals surface area (Å²) in [6.45, 7) is 0. The summed E-state index contributed by atoms with van der Waals surface area (Å²) in [5.41, 5.74) is 0.440. The van der Waals surface area contributed by atoms with Gasteiger partial charge in [-0.2, -0.15) is 0 Å². The third-order valence-corrected chi connectivity index (χ3v) is 3.90. The Morgan fingerprint density at radius 2 is 1.90 bits per heavy atom. The molecule has 6 nitrogen and oxygen atoms in total. The summed E-state index contributed by atoms with van der Waals surface area (Å²) in [7, 11) is 3.95. The van der Waals surface area contributed by atoms with Crippen LogP contribution in [0.15, 0.2) is 28.4 Å². The smallest absolute Gasteiger partial charge is 0.354 e. The Balaban J connectivity index is 3.27. The van der Waals surface area contributed by atoms with Crippen molar-refractivity contribution in [3.63, 3.8) is 0 Å². The van der Waals surface area contributed by atoms with Gasteiger partial charge in [-0.25, -0.2) is 9.59 Å². The number of nitrogens with one attached hydrogen (secondary N) is 1. The van der Waals surface area contributed by atoms with Crippen molar-refractivity contribution >= 4 is 56.1 Å². The molecule has 0 aromatic heterocycles. The Morgan fingerprint density at radius 3 is 2.43 bits per heavy atom. The Kier molecular flexibility index (Phi) is 6.96. The molecule has 0 saturated carbocycles. The number of ether oxygens (including phenoxy) is 3. The largest absolute Gasteiger partial charge is 0.493 e. The van der Waals surface area contributed by atoms with Gasteiger partial charge in [0.15, 0.2) is 5.75 Å². The van der Waals surface area contributed by atoms with Crippen molar-refractivity contribution in [1.29, 1.82) is 0 Å². The number of methoxy groups -OCH3 is 3. The van der Waals surface area contributed by atoms with E-state index < -0.39 is 11.9 Å². The molecule has 0 radical (unpaired) electrons. The van der Waals surface area contributed by atoms with E-state index in [2.05, 4.69) is 53.3 Å². The fourth-order valence-electron chi connectivity index (χ4n) is 1.42. The summed E-state index contributed by atoms with van der Waals surface area (Å²) in [5.74, 6) is -0.846. The minimum atomic E-state index is -0.701. The van der Waals surface area contributed by atoms with Gasteiger partial charge in [-0.3, -0.25) is 0 Å². The molecule has 0 aliphatic heterocycles. The first-order valence-corrected chi connectivity index (χ1v) is 7.48. The third-order valence-electron chi connectivity index (χ3n) is 2.39. The highest BCUT2D eigenvalue weighted by atomic mass is 127. The zero-order valence-electron chi connectivity index (χ0n) is 11.5. The van der Waals surface area contributed by atoms with Crippen LogP contribution in [0.4, 0.5) is 5.69 Å². The van der Waals surface area contributed by atoms with Gasteiger partial charge in [-0.15, -0.1) is 0 Å². The number of esters is 2. The molecule has 0 fully saturated rings. The lowest BCUT2D eigenvalue weighted by atomic mass is 10.2. The van der Waals surface area contributed by atoms with E-state index in [1.807, 2.05) is 6.07 Å². The first kappa shape index (κ1) is 17.8. The van der Waals surface area contributed by atoms with Crippen LogP contribution in [0.25, 0.3) is 0 Å². The van der Waals surface area contributed by atoms with Crippen molar-refractivity contribution < 1.29 is 23.8 Å². The van der Waals surface area contributed by atoms with E-state index in [1.165, 1.54) is 21.3 Å². The minimum absolute atomic E-state index is 0.0645. The Bertz CT molecular complexity index is 588. The highest BCUT2D eigenvalue weighted by molar-refractivity contribution is 14.1. The fraction of sp³-hybridized carbons (Fsp3) is 0.231. The van der Waals surface area contributed by atoms with Crippen molar-refractivity contribution in [2.75, 3.05) is 26.6 Å². The van der Waals surface area contributed by atoms with E-state index in [-0.39, 0.29) is 5.70 Å². The summed E-state index contributed by atoms with van der Waals surface area (Å²) in [5, 5.41) is 2.83. The Morgan fingerprint density at radius 1 is 1.24 bits per heavy atom. The average Bonchev–Trinajstić information content (AvgIpc) is 2.49. The van der Waals surface area contributed by atoms with Crippen molar-refractivity contribution in [1.82, 2.24) is 0 Å². The molecule has 114 valence electrons.